The Kier molecular flexibility index (Phi) is 4.73. The summed E-state index contributed by atoms with van der Waals surface area (Å²) in [6, 6.07) is 9.38. The van der Waals surface area contributed by atoms with Crippen LogP contribution in [0, 0.1) is 0 Å². The summed E-state index contributed by atoms with van der Waals surface area (Å²) in [6.45, 7) is 6.36. The van der Waals surface area contributed by atoms with Crippen LogP contribution in [-0.2, 0) is 6.54 Å². The van der Waals surface area contributed by atoms with Crippen LogP contribution in [0.5, 0.6) is 5.75 Å². The van der Waals surface area contributed by atoms with Crippen molar-refractivity contribution in [1.82, 2.24) is 10.2 Å². The van der Waals surface area contributed by atoms with Crippen LogP contribution in [0.15, 0.2) is 45.6 Å². The van der Waals surface area contributed by atoms with Gasteiger partial charge >= 0.3 is 0 Å². The molecule has 0 unspecified atom stereocenters. The quantitative estimate of drug-likeness (QED) is 0.541. The van der Waals surface area contributed by atoms with Gasteiger partial charge in [0.15, 0.2) is 0 Å². The lowest BCUT2D eigenvalue weighted by atomic mass is 9.97. The highest BCUT2D eigenvalue weighted by Gasteiger charge is 2.26. The smallest absolute Gasteiger partial charge is 0.200 e. The van der Waals surface area contributed by atoms with E-state index in [1.165, 1.54) is 0 Å². The molecular formula is C23H26N2O3. The molecule has 28 heavy (non-hydrogen) atoms. The van der Waals surface area contributed by atoms with E-state index in [1.54, 1.807) is 0 Å². The second-order valence-electron chi connectivity index (χ2n) is 8.10. The summed E-state index contributed by atoms with van der Waals surface area (Å²) in [5, 5.41) is 4.66. The second-order valence-corrected chi connectivity index (χ2v) is 8.10. The van der Waals surface area contributed by atoms with Gasteiger partial charge in [-0.3, -0.25) is 4.79 Å². The molecule has 146 valence electrons. The maximum absolute atomic E-state index is 13.3. The molecular weight excluding hydrogens is 352 g/mol. The Morgan fingerprint density at radius 1 is 1.18 bits per heavy atom. The maximum Gasteiger partial charge on any atom is 0.200 e. The van der Waals surface area contributed by atoms with E-state index in [-0.39, 0.29) is 5.43 Å². The molecule has 2 aromatic carbocycles. The SMILES string of the molecule is CN(C)CCNCc1cc2c(c3oc4ccccc4c(=O)c13)C=CC(C)(C)O2. The van der Waals surface area contributed by atoms with E-state index in [0.717, 1.165) is 30.0 Å². The molecule has 0 saturated heterocycles. The third-order valence-electron chi connectivity index (χ3n) is 5.01. The number of rotatable bonds is 5. The van der Waals surface area contributed by atoms with Gasteiger partial charge in [0.05, 0.1) is 16.3 Å². The van der Waals surface area contributed by atoms with Gasteiger partial charge in [-0.05, 0) is 63.9 Å². The van der Waals surface area contributed by atoms with Crippen LogP contribution in [0.3, 0.4) is 0 Å². The first-order valence-electron chi connectivity index (χ1n) is 9.61. The summed E-state index contributed by atoms with van der Waals surface area (Å²) < 4.78 is 12.4. The van der Waals surface area contributed by atoms with Gasteiger partial charge in [-0.2, -0.15) is 0 Å². The first-order chi connectivity index (χ1) is 13.4. The number of benzene rings is 2. The highest BCUT2D eigenvalue weighted by Crippen LogP contribution is 2.38. The Morgan fingerprint density at radius 2 is 1.96 bits per heavy atom. The van der Waals surface area contributed by atoms with E-state index in [4.69, 9.17) is 9.15 Å². The number of fused-ring (bicyclic) bond motifs is 4. The maximum atomic E-state index is 13.3. The molecule has 0 bridgehead atoms. The highest BCUT2D eigenvalue weighted by atomic mass is 16.5. The molecule has 0 fully saturated rings. The number of para-hydroxylation sites is 1. The van der Waals surface area contributed by atoms with E-state index < -0.39 is 5.60 Å². The van der Waals surface area contributed by atoms with Crippen molar-refractivity contribution in [2.24, 2.45) is 0 Å². The molecule has 0 atom stereocenters. The van der Waals surface area contributed by atoms with Gasteiger partial charge in [-0.1, -0.05) is 12.1 Å². The lowest BCUT2D eigenvalue weighted by Gasteiger charge is -2.28. The third kappa shape index (κ3) is 3.43. The molecule has 0 spiro atoms. The zero-order chi connectivity index (χ0) is 19.9. The Labute approximate surface area is 164 Å². The summed E-state index contributed by atoms with van der Waals surface area (Å²) in [5.74, 6) is 0.753. The fourth-order valence-electron chi connectivity index (χ4n) is 3.55. The van der Waals surface area contributed by atoms with Gasteiger partial charge < -0.3 is 19.4 Å². The number of likely N-dealkylation sites (N-methyl/N-ethyl adjacent to an activating group) is 1. The first kappa shape index (κ1) is 18.7. The average Bonchev–Trinajstić information content (AvgIpc) is 2.64. The Morgan fingerprint density at radius 3 is 2.75 bits per heavy atom. The summed E-state index contributed by atoms with van der Waals surface area (Å²) in [5.41, 5.74) is 2.53. The first-order valence-corrected chi connectivity index (χ1v) is 9.61. The summed E-state index contributed by atoms with van der Waals surface area (Å²) in [4.78, 5) is 15.4. The van der Waals surface area contributed by atoms with Crippen molar-refractivity contribution < 1.29 is 9.15 Å². The minimum Gasteiger partial charge on any atom is -0.483 e. The molecule has 1 aliphatic rings. The molecule has 1 aliphatic heterocycles. The lowest BCUT2D eigenvalue weighted by Crippen LogP contribution is -2.29. The van der Waals surface area contributed by atoms with Crippen molar-refractivity contribution in [2.75, 3.05) is 27.2 Å². The Bertz CT molecular complexity index is 1130. The van der Waals surface area contributed by atoms with Crippen molar-refractivity contribution in [3.8, 4) is 5.75 Å². The predicted molar refractivity (Wildman–Crippen MR) is 114 cm³/mol. The molecule has 0 saturated carbocycles. The fourth-order valence-corrected chi connectivity index (χ4v) is 3.55. The van der Waals surface area contributed by atoms with E-state index in [1.807, 2.05) is 70.4 Å². The van der Waals surface area contributed by atoms with Crippen molar-refractivity contribution in [3.05, 3.63) is 57.8 Å². The molecule has 1 N–H and O–H groups in total. The van der Waals surface area contributed by atoms with Crippen LogP contribution in [-0.4, -0.2) is 37.7 Å². The van der Waals surface area contributed by atoms with Crippen molar-refractivity contribution in [3.63, 3.8) is 0 Å². The van der Waals surface area contributed by atoms with Crippen molar-refractivity contribution in [2.45, 2.75) is 26.0 Å². The second kappa shape index (κ2) is 7.08. The summed E-state index contributed by atoms with van der Waals surface area (Å²) >= 11 is 0. The molecule has 4 rings (SSSR count). The highest BCUT2D eigenvalue weighted by molar-refractivity contribution is 5.97. The lowest BCUT2D eigenvalue weighted by molar-refractivity contribution is 0.159. The standard InChI is InChI=1S/C23H26N2O3/c1-23(2)10-9-17-19(28-23)13-15(14-24-11-12-25(3)4)20-21(26)16-7-5-6-8-18(16)27-22(17)20/h5-10,13,24H,11-12,14H2,1-4H3. The molecule has 5 nitrogen and oxygen atoms in total. The molecule has 3 aromatic rings. The largest absolute Gasteiger partial charge is 0.483 e. The van der Waals surface area contributed by atoms with Gasteiger partial charge in [-0.25, -0.2) is 0 Å². The van der Waals surface area contributed by atoms with E-state index in [2.05, 4.69) is 10.2 Å². The molecule has 0 radical (unpaired) electrons. The molecule has 0 aliphatic carbocycles. The van der Waals surface area contributed by atoms with E-state index in [0.29, 0.717) is 28.5 Å². The normalized spacial score (nSPS) is 15.2. The topological polar surface area (TPSA) is 54.7 Å². The number of nitrogens with zero attached hydrogens (tertiary/aromatic N) is 1. The Balaban J connectivity index is 1.90. The van der Waals surface area contributed by atoms with Crippen LogP contribution >= 0.6 is 0 Å². The molecule has 1 aromatic heterocycles. The number of ether oxygens (including phenoxy) is 1. The van der Waals surface area contributed by atoms with Gasteiger partial charge in [0.25, 0.3) is 0 Å². The summed E-state index contributed by atoms with van der Waals surface area (Å²) in [6.07, 6.45) is 4.00. The zero-order valence-corrected chi connectivity index (χ0v) is 16.8. The van der Waals surface area contributed by atoms with Crippen molar-refractivity contribution in [1.29, 1.82) is 0 Å². The van der Waals surface area contributed by atoms with E-state index >= 15 is 0 Å². The minimum atomic E-state index is -0.395. The van der Waals surface area contributed by atoms with Crippen LogP contribution in [0.1, 0.15) is 25.0 Å². The Hall–Kier alpha value is -2.63. The number of hydrogen-bond donors (Lipinski definition) is 1. The number of nitrogens with one attached hydrogen (secondary N) is 1. The van der Waals surface area contributed by atoms with Gasteiger partial charge in [0, 0.05) is 19.6 Å². The van der Waals surface area contributed by atoms with Gasteiger partial charge in [0.2, 0.25) is 5.43 Å². The van der Waals surface area contributed by atoms with Crippen LogP contribution in [0.4, 0.5) is 0 Å². The van der Waals surface area contributed by atoms with Crippen LogP contribution in [0.25, 0.3) is 28.0 Å². The molecule has 0 amide bonds. The van der Waals surface area contributed by atoms with Crippen LogP contribution in [0.2, 0.25) is 0 Å². The third-order valence-corrected chi connectivity index (χ3v) is 5.01. The molecule has 2 heterocycles. The van der Waals surface area contributed by atoms with E-state index in [9.17, 15) is 4.79 Å². The molecule has 5 heteroatoms. The van der Waals surface area contributed by atoms with Crippen LogP contribution < -0.4 is 15.5 Å². The monoisotopic (exact) mass is 378 g/mol. The van der Waals surface area contributed by atoms with Gasteiger partial charge in [0.1, 0.15) is 22.5 Å². The number of hydrogen-bond acceptors (Lipinski definition) is 5. The predicted octanol–water partition coefficient (Wildman–Crippen LogP) is 3.78. The van der Waals surface area contributed by atoms with Crippen molar-refractivity contribution >= 4 is 28.0 Å². The van der Waals surface area contributed by atoms with Gasteiger partial charge in [-0.15, -0.1) is 0 Å². The zero-order valence-electron chi connectivity index (χ0n) is 16.8. The minimum absolute atomic E-state index is 0.00212. The fraction of sp³-hybridized carbons (Fsp3) is 0.348. The average molecular weight is 378 g/mol. The summed E-state index contributed by atoms with van der Waals surface area (Å²) in [7, 11) is 4.08.